The molecule has 7 rings (SSSR count). The second-order valence-electron chi connectivity index (χ2n) is 13.7. The first-order chi connectivity index (χ1) is 26.6. The molecular weight excluding hydrogens is 700 g/mol. The van der Waals surface area contributed by atoms with Crippen molar-refractivity contribution in [3.8, 4) is 11.5 Å². The molecule has 0 unspecified atom stereocenters. The summed E-state index contributed by atoms with van der Waals surface area (Å²) in [6.07, 6.45) is -0.383. The van der Waals surface area contributed by atoms with Gasteiger partial charge in [0.1, 0.15) is 42.0 Å². The highest BCUT2D eigenvalue weighted by atomic mass is 35.5. The predicted molar refractivity (Wildman–Crippen MR) is 210 cm³/mol. The Kier molecular flexibility index (Phi) is 13.7. The van der Waals surface area contributed by atoms with Crippen LogP contribution < -0.4 is 9.47 Å². The molecule has 0 spiro atoms. The average molecular weight is 749 g/mol. The number of hydrogen-bond donors (Lipinski definition) is 0. The molecule has 2 heterocycles. The molecule has 0 amide bonds. The molecule has 5 aromatic rings. The number of benzene rings is 5. The summed E-state index contributed by atoms with van der Waals surface area (Å²) in [4.78, 5) is 0. The van der Waals surface area contributed by atoms with Crippen LogP contribution in [0.1, 0.15) is 59.3 Å². The Morgan fingerprint density at radius 2 is 1.20 bits per heavy atom. The molecule has 2 aliphatic rings. The maximum Gasteiger partial charge on any atom is 0.126 e. The van der Waals surface area contributed by atoms with Crippen molar-refractivity contribution >= 4 is 11.6 Å². The fourth-order valence-electron chi connectivity index (χ4n) is 7.05. The molecular formula is C46H49ClO7. The van der Waals surface area contributed by atoms with Crippen molar-refractivity contribution in [3.05, 3.63) is 166 Å². The second kappa shape index (κ2) is 19.4. The van der Waals surface area contributed by atoms with Gasteiger partial charge in [-0.2, -0.15) is 0 Å². The summed E-state index contributed by atoms with van der Waals surface area (Å²) in [6, 6.07) is 42.8. The molecule has 0 aromatic heterocycles. The third-order valence-corrected chi connectivity index (χ3v) is 10.2. The van der Waals surface area contributed by atoms with E-state index in [0.717, 1.165) is 52.0 Å². The molecule has 54 heavy (non-hydrogen) atoms. The number of ether oxygens (including phenoxy) is 7. The van der Waals surface area contributed by atoms with Crippen molar-refractivity contribution in [2.45, 2.75) is 76.5 Å². The van der Waals surface area contributed by atoms with Crippen molar-refractivity contribution < 1.29 is 33.2 Å². The lowest BCUT2D eigenvalue weighted by atomic mass is 9.88. The van der Waals surface area contributed by atoms with Gasteiger partial charge in [-0.3, -0.25) is 0 Å². The van der Waals surface area contributed by atoms with Crippen molar-refractivity contribution in [1.82, 2.24) is 0 Å². The first-order valence-corrected chi connectivity index (χ1v) is 19.4. The normalized spacial score (nSPS) is 21.6. The summed E-state index contributed by atoms with van der Waals surface area (Å²) in [6.45, 7) is 5.15. The first-order valence-electron chi connectivity index (χ1n) is 19.0. The Labute approximate surface area is 324 Å². The van der Waals surface area contributed by atoms with Gasteiger partial charge in [-0.05, 0) is 78.3 Å². The predicted octanol–water partition coefficient (Wildman–Crippen LogP) is 9.71. The van der Waals surface area contributed by atoms with Crippen LogP contribution in [0.5, 0.6) is 11.5 Å². The van der Waals surface area contributed by atoms with Gasteiger partial charge in [0.25, 0.3) is 0 Å². The third kappa shape index (κ3) is 10.1. The van der Waals surface area contributed by atoms with Gasteiger partial charge in [0.2, 0.25) is 0 Å². The van der Waals surface area contributed by atoms with E-state index in [4.69, 9.17) is 44.8 Å². The Morgan fingerprint density at radius 3 is 1.81 bits per heavy atom. The maximum absolute atomic E-state index is 7.16. The molecule has 2 bridgehead atoms. The van der Waals surface area contributed by atoms with E-state index in [9.17, 15) is 0 Å². The van der Waals surface area contributed by atoms with Gasteiger partial charge in [0.05, 0.1) is 39.6 Å². The Hall–Kier alpha value is -4.21. The monoisotopic (exact) mass is 748 g/mol. The van der Waals surface area contributed by atoms with E-state index in [2.05, 4.69) is 54.6 Å². The average Bonchev–Trinajstić information content (AvgIpc) is 3.21. The highest BCUT2D eigenvalue weighted by molar-refractivity contribution is 6.31. The van der Waals surface area contributed by atoms with E-state index in [0.29, 0.717) is 63.4 Å². The lowest BCUT2D eigenvalue weighted by Crippen LogP contribution is -2.58. The molecule has 7 nitrogen and oxygen atoms in total. The highest BCUT2D eigenvalue weighted by Crippen LogP contribution is 2.44. The van der Waals surface area contributed by atoms with Gasteiger partial charge in [0.15, 0.2) is 0 Å². The minimum atomic E-state index is -0.592. The second-order valence-corrected chi connectivity index (χ2v) is 14.2. The van der Waals surface area contributed by atoms with Crippen LogP contribution in [0, 0.1) is 0 Å². The van der Waals surface area contributed by atoms with Gasteiger partial charge < -0.3 is 33.2 Å². The van der Waals surface area contributed by atoms with E-state index >= 15 is 0 Å². The molecule has 0 saturated carbocycles. The zero-order valence-electron chi connectivity index (χ0n) is 30.8. The van der Waals surface area contributed by atoms with Crippen LogP contribution in [0.3, 0.4) is 0 Å². The van der Waals surface area contributed by atoms with E-state index < -0.39 is 30.5 Å². The minimum Gasteiger partial charge on any atom is -0.494 e. The Morgan fingerprint density at radius 1 is 0.630 bits per heavy atom. The SMILES string of the molecule is CCOc1ccc(Cc2cc3c(cc2Cl)OCCCCOC[C@H]2O[C@@H]3[C@@H](OCc3ccccc3)[C@@H](OCc3ccccc3)[C@H]2OCc2ccccc2)cc1. The van der Waals surface area contributed by atoms with E-state index in [1.165, 1.54) is 0 Å². The molecule has 282 valence electrons. The standard InChI is InChI=1S/C46H49ClO7/c1-2-49-38-22-20-33(21-23-38)26-37-27-39-41(28-40(37)47)50-25-13-12-24-48-32-42-44(51-29-34-14-6-3-7-15-34)46(53-31-36-18-10-5-11-19-36)45(43(39)54-42)52-30-35-16-8-4-9-17-35/h3-11,14-23,27-28,42-46H,2,12-13,24-26,29-32H2,1H3/t42-,43+,44+,45-,46+/m1/s1. The lowest BCUT2D eigenvalue weighted by Gasteiger charge is -2.47. The molecule has 0 N–H and O–H groups in total. The summed E-state index contributed by atoms with van der Waals surface area (Å²) in [5, 5.41) is 0.633. The fourth-order valence-corrected chi connectivity index (χ4v) is 7.27. The quantitative estimate of drug-likeness (QED) is 0.119. The molecule has 8 heteroatoms. The Bertz CT molecular complexity index is 1860. The highest BCUT2D eigenvalue weighted by Gasteiger charge is 2.50. The van der Waals surface area contributed by atoms with E-state index in [1.54, 1.807) is 0 Å². The minimum absolute atomic E-state index is 0.343. The molecule has 5 aromatic carbocycles. The van der Waals surface area contributed by atoms with Gasteiger partial charge in [0, 0.05) is 17.2 Å². The summed E-state index contributed by atoms with van der Waals surface area (Å²) < 4.78 is 46.4. The van der Waals surface area contributed by atoms with Crippen molar-refractivity contribution in [3.63, 3.8) is 0 Å². The number of fused-ring (bicyclic) bond motifs is 4. The number of rotatable bonds is 13. The zero-order valence-corrected chi connectivity index (χ0v) is 31.6. The zero-order chi connectivity index (χ0) is 37.0. The van der Waals surface area contributed by atoms with Gasteiger partial charge in [-0.15, -0.1) is 0 Å². The topological polar surface area (TPSA) is 64.6 Å². The van der Waals surface area contributed by atoms with Gasteiger partial charge in [-0.25, -0.2) is 0 Å². The Balaban J connectivity index is 1.30. The number of hydrogen-bond acceptors (Lipinski definition) is 7. The van der Waals surface area contributed by atoms with Crippen LogP contribution in [0.15, 0.2) is 127 Å². The van der Waals surface area contributed by atoms with E-state index in [1.807, 2.05) is 79.7 Å². The van der Waals surface area contributed by atoms with Crippen molar-refractivity contribution in [1.29, 1.82) is 0 Å². The van der Waals surface area contributed by atoms with Crippen LogP contribution in [0.25, 0.3) is 0 Å². The largest absolute Gasteiger partial charge is 0.494 e. The third-order valence-electron chi connectivity index (χ3n) is 9.83. The van der Waals surface area contributed by atoms with Crippen molar-refractivity contribution in [2.75, 3.05) is 26.4 Å². The lowest BCUT2D eigenvalue weighted by molar-refractivity contribution is -0.275. The molecule has 2 aliphatic heterocycles. The van der Waals surface area contributed by atoms with Gasteiger partial charge >= 0.3 is 0 Å². The summed E-state index contributed by atoms with van der Waals surface area (Å²) in [7, 11) is 0. The maximum atomic E-state index is 7.16. The van der Waals surface area contributed by atoms with Crippen LogP contribution in [0.2, 0.25) is 5.02 Å². The summed E-state index contributed by atoms with van der Waals surface area (Å²) >= 11 is 7.06. The smallest absolute Gasteiger partial charge is 0.126 e. The molecule has 1 fully saturated rings. The molecule has 1 saturated heterocycles. The molecule has 5 atom stereocenters. The van der Waals surface area contributed by atoms with E-state index in [-0.39, 0.29) is 0 Å². The molecule has 0 aliphatic carbocycles. The molecule has 0 radical (unpaired) electrons. The summed E-state index contributed by atoms with van der Waals surface area (Å²) in [5.41, 5.74) is 6.09. The van der Waals surface area contributed by atoms with Crippen LogP contribution in [0.4, 0.5) is 0 Å². The fraction of sp³-hybridized carbons (Fsp3) is 0.348. The van der Waals surface area contributed by atoms with Crippen LogP contribution >= 0.6 is 11.6 Å². The van der Waals surface area contributed by atoms with Gasteiger partial charge in [-0.1, -0.05) is 115 Å². The van der Waals surface area contributed by atoms with Crippen LogP contribution in [-0.2, 0) is 49.9 Å². The van der Waals surface area contributed by atoms with Crippen molar-refractivity contribution in [2.24, 2.45) is 0 Å². The summed E-state index contributed by atoms with van der Waals surface area (Å²) in [5.74, 6) is 1.52. The van der Waals surface area contributed by atoms with Crippen LogP contribution in [-0.4, -0.2) is 50.8 Å². The number of halogens is 1. The first kappa shape index (κ1) is 38.1.